The van der Waals surface area contributed by atoms with Crippen molar-refractivity contribution in [1.29, 1.82) is 0 Å². The van der Waals surface area contributed by atoms with E-state index in [0.717, 1.165) is 24.0 Å². The number of allylic oxidation sites excluding steroid dienone is 6. The van der Waals surface area contributed by atoms with Crippen molar-refractivity contribution in [2.75, 3.05) is 0 Å². The molecule has 112 valence electrons. The molecule has 3 rings (SSSR count). The zero-order chi connectivity index (χ0) is 15.4. The van der Waals surface area contributed by atoms with Crippen LogP contribution in [0.3, 0.4) is 0 Å². The molecule has 4 heteroatoms. The number of carbonyl (C=O) groups excluding carboxylic acids is 1. The maximum atomic E-state index is 12.7. The molecule has 0 radical (unpaired) electrons. The number of hydrogen-bond donors (Lipinski definition) is 0. The largest absolute Gasteiger partial charge is 0.294 e. The van der Waals surface area contributed by atoms with Crippen LogP contribution in [-0.2, 0) is 15.1 Å². The lowest BCUT2D eigenvalue weighted by atomic mass is 9.70. The number of ketones is 1. The molecule has 0 heterocycles. The summed E-state index contributed by atoms with van der Waals surface area (Å²) in [5, 5.41) is 0. The van der Waals surface area contributed by atoms with Gasteiger partial charge in [0.25, 0.3) is 0 Å². The van der Waals surface area contributed by atoms with Gasteiger partial charge in [-0.3, -0.25) is 4.79 Å². The van der Waals surface area contributed by atoms with Gasteiger partial charge < -0.3 is 0 Å². The Morgan fingerprint density at radius 1 is 1.24 bits per heavy atom. The van der Waals surface area contributed by atoms with Gasteiger partial charge in [-0.05, 0) is 47.5 Å². The lowest BCUT2D eigenvalue weighted by Gasteiger charge is -2.31. The summed E-state index contributed by atoms with van der Waals surface area (Å²) in [4.78, 5) is 13.1. The fourth-order valence-electron chi connectivity index (χ4n) is 4.05. The molecule has 2 bridgehead atoms. The van der Waals surface area contributed by atoms with Crippen molar-refractivity contribution in [3.63, 3.8) is 0 Å². The van der Waals surface area contributed by atoms with Crippen LogP contribution in [0, 0.1) is 16.7 Å². The molecule has 2 fully saturated rings. The highest BCUT2D eigenvalue weighted by molar-refractivity contribution is 7.73. The summed E-state index contributed by atoms with van der Waals surface area (Å²) in [6, 6.07) is 0. The van der Waals surface area contributed by atoms with Gasteiger partial charge >= 0.3 is 0 Å². The smallest absolute Gasteiger partial charge is 0.217 e. The minimum atomic E-state index is -2.15. The van der Waals surface area contributed by atoms with Gasteiger partial charge in [-0.1, -0.05) is 32.9 Å². The highest BCUT2D eigenvalue weighted by Crippen LogP contribution is 2.65. The number of fused-ring (bicyclic) bond motifs is 2. The van der Waals surface area contributed by atoms with Gasteiger partial charge in [-0.2, -0.15) is 8.42 Å². The molecule has 2 saturated carbocycles. The molecule has 2 unspecified atom stereocenters. The molecule has 0 aliphatic heterocycles. The standard InChI is InChI=1S/C17H20O3S/c1-16(2)14-8-9-17(16,3)15(18)13(14)10-11-4-6-12(7-5-11)21(19)20/h4-6,10,14H,7-9H2,1-3H3. The average molecular weight is 304 g/mol. The van der Waals surface area contributed by atoms with Crippen molar-refractivity contribution < 1.29 is 13.2 Å². The van der Waals surface area contributed by atoms with E-state index < -0.39 is 10.3 Å². The first-order valence-electron chi connectivity index (χ1n) is 7.37. The van der Waals surface area contributed by atoms with Crippen molar-refractivity contribution in [2.45, 2.75) is 40.0 Å². The molecule has 3 nitrogen and oxygen atoms in total. The normalized spacial score (nSPS) is 35.5. The summed E-state index contributed by atoms with van der Waals surface area (Å²) in [7, 11) is -2.15. The monoisotopic (exact) mass is 304 g/mol. The number of hydrogen-bond acceptors (Lipinski definition) is 3. The second kappa shape index (κ2) is 4.54. The SMILES string of the molecule is CC12CCC(C(=CC3=CCC(=S(=O)=O)C=C3)C1=O)C2(C)C. The molecule has 3 aliphatic carbocycles. The van der Waals surface area contributed by atoms with Crippen LogP contribution in [0.5, 0.6) is 0 Å². The van der Waals surface area contributed by atoms with E-state index in [4.69, 9.17) is 0 Å². The lowest BCUT2D eigenvalue weighted by molar-refractivity contribution is -0.125. The molecule has 0 saturated heterocycles. The molecule has 0 aromatic rings. The maximum Gasteiger partial charge on any atom is 0.217 e. The summed E-state index contributed by atoms with van der Waals surface area (Å²) >= 11 is 0. The molecule has 0 amide bonds. The Balaban J connectivity index is 1.96. The third-order valence-electron chi connectivity index (χ3n) is 5.90. The summed E-state index contributed by atoms with van der Waals surface area (Å²) in [5.41, 5.74) is 1.65. The van der Waals surface area contributed by atoms with E-state index in [1.165, 1.54) is 0 Å². The van der Waals surface area contributed by atoms with Gasteiger partial charge in [-0.25, -0.2) is 0 Å². The zero-order valence-corrected chi connectivity index (χ0v) is 13.5. The quantitative estimate of drug-likeness (QED) is 0.553. The van der Waals surface area contributed by atoms with E-state index >= 15 is 0 Å². The molecule has 21 heavy (non-hydrogen) atoms. The number of Topliss-reactive ketones (excluding diaryl/α,β-unsaturated/α-hetero) is 1. The Bertz CT molecular complexity index is 739. The molecule has 0 N–H and O–H groups in total. The number of carbonyl (C=O) groups is 1. The zero-order valence-electron chi connectivity index (χ0n) is 12.6. The Hall–Kier alpha value is -1.42. The first-order chi connectivity index (χ1) is 9.77. The van der Waals surface area contributed by atoms with Gasteiger partial charge in [-0.15, -0.1) is 0 Å². The molecule has 0 spiro atoms. The van der Waals surface area contributed by atoms with E-state index in [1.54, 1.807) is 12.2 Å². The Labute approximate surface area is 127 Å². The van der Waals surface area contributed by atoms with E-state index in [-0.39, 0.29) is 16.6 Å². The van der Waals surface area contributed by atoms with Crippen LogP contribution >= 0.6 is 0 Å². The highest BCUT2D eigenvalue weighted by atomic mass is 32.2. The van der Waals surface area contributed by atoms with E-state index in [0.29, 0.717) is 17.2 Å². The molecule has 0 aromatic heterocycles. The Morgan fingerprint density at radius 2 is 1.95 bits per heavy atom. The van der Waals surface area contributed by atoms with Gasteiger partial charge in [0.2, 0.25) is 10.3 Å². The Kier molecular flexibility index (Phi) is 3.14. The van der Waals surface area contributed by atoms with Gasteiger partial charge in [0.1, 0.15) is 0 Å². The fourth-order valence-corrected chi connectivity index (χ4v) is 4.45. The minimum Gasteiger partial charge on any atom is -0.294 e. The molecule has 3 aliphatic rings. The van der Waals surface area contributed by atoms with Crippen molar-refractivity contribution in [1.82, 2.24) is 0 Å². The van der Waals surface area contributed by atoms with E-state index in [1.807, 2.05) is 12.2 Å². The second-order valence-corrected chi connectivity index (χ2v) is 8.01. The van der Waals surface area contributed by atoms with Crippen molar-refractivity contribution in [2.24, 2.45) is 16.7 Å². The third-order valence-corrected chi connectivity index (χ3v) is 6.63. The molecular formula is C17H20O3S. The van der Waals surface area contributed by atoms with Crippen molar-refractivity contribution in [3.05, 3.63) is 35.5 Å². The number of rotatable bonds is 1. The van der Waals surface area contributed by atoms with Crippen molar-refractivity contribution in [3.8, 4) is 0 Å². The molecule has 2 atom stereocenters. The Morgan fingerprint density at radius 3 is 2.43 bits per heavy atom. The lowest BCUT2D eigenvalue weighted by Crippen LogP contribution is -2.32. The van der Waals surface area contributed by atoms with E-state index in [2.05, 4.69) is 20.8 Å². The first kappa shape index (κ1) is 14.5. The summed E-state index contributed by atoms with van der Waals surface area (Å²) in [5.74, 6) is 0.601. The van der Waals surface area contributed by atoms with Gasteiger partial charge in [0.05, 0.1) is 4.86 Å². The van der Waals surface area contributed by atoms with E-state index in [9.17, 15) is 13.2 Å². The third kappa shape index (κ3) is 1.92. The predicted molar refractivity (Wildman–Crippen MR) is 83.5 cm³/mol. The van der Waals surface area contributed by atoms with Crippen LogP contribution in [0.4, 0.5) is 0 Å². The minimum absolute atomic E-state index is 0.0165. The molecular weight excluding hydrogens is 284 g/mol. The highest BCUT2D eigenvalue weighted by Gasteiger charge is 2.63. The topological polar surface area (TPSA) is 51.2 Å². The summed E-state index contributed by atoms with van der Waals surface area (Å²) in [6.07, 6.45) is 9.72. The van der Waals surface area contributed by atoms with Crippen molar-refractivity contribution >= 4 is 20.9 Å². The molecule has 0 aromatic carbocycles. The van der Waals surface area contributed by atoms with Crippen LogP contribution in [0.15, 0.2) is 35.5 Å². The van der Waals surface area contributed by atoms with Crippen LogP contribution in [0.1, 0.15) is 40.0 Å². The van der Waals surface area contributed by atoms with Gasteiger partial charge in [0, 0.05) is 11.8 Å². The summed E-state index contributed by atoms with van der Waals surface area (Å²) in [6.45, 7) is 6.48. The van der Waals surface area contributed by atoms with Crippen LogP contribution in [-0.4, -0.2) is 19.1 Å². The predicted octanol–water partition coefficient (Wildman–Crippen LogP) is 2.88. The van der Waals surface area contributed by atoms with Gasteiger partial charge in [0.15, 0.2) is 5.78 Å². The first-order valence-corrected chi connectivity index (χ1v) is 8.44. The fraction of sp³-hybridized carbons (Fsp3) is 0.529. The van der Waals surface area contributed by atoms with Crippen LogP contribution in [0.2, 0.25) is 0 Å². The van der Waals surface area contributed by atoms with Crippen LogP contribution < -0.4 is 0 Å². The van der Waals surface area contributed by atoms with Crippen LogP contribution in [0.25, 0.3) is 0 Å². The summed E-state index contributed by atoms with van der Waals surface area (Å²) < 4.78 is 21.8. The average Bonchev–Trinajstić information content (AvgIpc) is 2.74. The maximum absolute atomic E-state index is 12.7. The second-order valence-electron chi connectivity index (χ2n) is 7.02.